The summed E-state index contributed by atoms with van der Waals surface area (Å²) < 4.78 is 5.16. The number of aromatic nitrogens is 1. The van der Waals surface area contributed by atoms with Gasteiger partial charge in [-0.15, -0.1) is 0 Å². The lowest BCUT2D eigenvalue weighted by Crippen LogP contribution is -2.23. The maximum Gasteiger partial charge on any atom is 0.270 e. The second-order valence-corrected chi connectivity index (χ2v) is 6.13. The van der Waals surface area contributed by atoms with Gasteiger partial charge in [0.2, 0.25) is 0 Å². The van der Waals surface area contributed by atoms with Crippen molar-refractivity contribution >= 4 is 39.9 Å². The third-order valence-corrected chi connectivity index (χ3v) is 4.38. The number of aromatic hydroxyl groups is 1. The molecule has 0 unspecified atom stereocenters. The van der Waals surface area contributed by atoms with Crippen LogP contribution in [0, 0.1) is 0 Å². The number of methoxy groups -OCH3 is 1. The third-order valence-electron chi connectivity index (χ3n) is 3.71. The van der Waals surface area contributed by atoms with Gasteiger partial charge in [-0.2, -0.15) is 0 Å². The highest BCUT2D eigenvalue weighted by Gasteiger charge is 2.13. The maximum atomic E-state index is 12.3. The van der Waals surface area contributed by atoms with Crippen LogP contribution in [-0.2, 0) is 6.54 Å². The van der Waals surface area contributed by atoms with Gasteiger partial charge >= 0.3 is 0 Å². The lowest BCUT2D eigenvalue weighted by molar-refractivity contribution is 0.0946. The minimum Gasteiger partial charge on any atom is -0.505 e. The number of carbonyl (C=O) groups is 1. The molecule has 1 aromatic heterocycles. The molecular weight excluding hydrogens is 363 g/mol. The number of nitrogens with one attached hydrogen (secondary N) is 1. The SMILES string of the molecule is COc1cccc(CNC(=O)c2cc3cc(Cl)c(O)c(Cl)c3cn2)c1. The molecule has 0 saturated carbocycles. The van der Waals surface area contributed by atoms with E-state index in [1.165, 1.54) is 6.20 Å². The number of ether oxygens (including phenoxy) is 1. The summed E-state index contributed by atoms with van der Waals surface area (Å²) in [5.41, 5.74) is 1.14. The predicted molar refractivity (Wildman–Crippen MR) is 97.6 cm³/mol. The van der Waals surface area contributed by atoms with Gasteiger partial charge in [0, 0.05) is 18.1 Å². The van der Waals surface area contributed by atoms with Gasteiger partial charge in [0.05, 0.1) is 17.2 Å². The van der Waals surface area contributed by atoms with Crippen molar-refractivity contribution in [1.82, 2.24) is 10.3 Å². The highest BCUT2D eigenvalue weighted by atomic mass is 35.5. The van der Waals surface area contributed by atoms with Gasteiger partial charge in [-0.05, 0) is 35.2 Å². The molecule has 0 bridgehead atoms. The highest BCUT2D eigenvalue weighted by Crippen LogP contribution is 2.37. The second kappa shape index (κ2) is 7.17. The van der Waals surface area contributed by atoms with E-state index in [1.54, 1.807) is 19.2 Å². The van der Waals surface area contributed by atoms with Crippen LogP contribution in [0.5, 0.6) is 11.5 Å². The molecule has 0 aliphatic rings. The summed E-state index contributed by atoms with van der Waals surface area (Å²) in [4.78, 5) is 16.4. The Balaban J connectivity index is 1.81. The largest absolute Gasteiger partial charge is 0.505 e. The molecule has 128 valence electrons. The summed E-state index contributed by atoms with van der Waals surface area (Å²) in [5, 5.41) is 13.9. The summed E-state index contributed by atoms with van der Waals surface area (Å²) in [5.74, 6) is 0.192. The first kappa shape index (κ1) is 17.3. The number of hydrogen-bond donors (Lipinski definition) is 2. The monoisotopic (exact) mass is 376 g/mol. The van der Waals surface area contributed by atoms with E-state index in [9.17, 15) is 9.90 Å². The molecule has 1 heterocycles. The molecule has 0 saturated heterocycles. The quantitative estimate of drug-likeness (QED) is 0.716. The first-order chi connectivity index (χ1) is 12.0. The molecule has 2 N–H and O–H groups in total. The minimum atomic E-state index is -0.329. The number of amides is 1. The number of carbonyl (C=O) groups excluding carboxylic acids is 1. The van der Waals surface area contributed by atoms with E-state index in [1.807, 2.05) is 24.3 Å². The number of nitrogens with zero attached hydrogens (tertiary/aromatic N) is 1. The van der Waals surface area contributed by atoms with Crippen LogP contribution in [0.4, 0.5) is 0 Å². The van der Waals surface area contributed by atoms with Crippen LogP contribution in [0.15, 0.2) is 42.6 Å². The molecule has 5 nitrogen and oxygen atoms in total. The molecule has 3 aromatic rings. The van der Waals surface area contributed by atoms with Crippen LogP contribution in [0.3, 0.4) is 0 Å². The lowest BCUT2D eigenvalue weighted by Gasteiger charge is -2.09. The van der Waals surface area contributed by atoms with Crippen LogP contribution in [0.2, 0.25) is 10.0 Å². The lowest BCUT2D eigenvalue weighted by atomic mass is 10.1. The topological polar surface area (TPSA) is 71.5 Å². The summed E-state index contributed by atoms with van der Waals surface area (Å²) in [7, 11) is 1.59. The molecule has 7 heteroatoms. The fraction of sp³-hybridized carbons (Fsp3) is 0.111. The maximum absolute atomic E-state index is 12.3. The van der Waals surface area contributed by atoms with E-state index in [0.717, 1.165) is 11.3 Å². The van der Waals surface area contributed by atoms with Crippen LogP contribution in [0.25, 0.3) is 10.8 Å². The van der Waals surface area contributed by atoms with E-state index in [-0.39, 0.29) is 27.4 Å². The second-order valence-electron chi connectivity index (χ2n) is 5.35. The number of hydrogen-bond acceptors (Lipinski definition) is 4. The first-order valence-electron chi connectivity index (χ1n) is 7.37. The Hall–Kier alpha value is -2.50. The molecule has 0 radical (unpaired) electrons. The molecule has 3 rings (SSSR count). The molecule has 0 aliphatic carbocycles. The molecule has 0 atom stereocenters. The summed E-state index contributed by atoms with van der Waals surface area (Å²) in [6.45, 7) is 0.340. The van der Waals surface area contributed by atoms with Crippen molar-refractivity contribution in [2.45, 2.75) is 6.54 Å². The van der Waals surface area contributed by atoms with E-state index < -0.39 is 0 Å². The minimum absolute atomic E-state index is 0.110. The summed E-state index contributed by atoms with van der Waals surface area (Å²) in [6.07, 6.45) is 1.44. The van der Waals surface area contributed by atoms with Gasteiger partial charge in [0.1, 0.15) is 11.4 Å². The Kier molecular flexibility index (Phi) is 4.97. The van der Waals surface area contributed by atoms with Gasteiger partial charge in [-0.25, -0.2) is 0 Å². The van der Waals surface area contributed by atoms with Crippen molar-refractivity contribution in [2.24, 2.45) is 0 Å². The summed E-state index contributed by atoms with van der Waals surface area (Å²) >= 11 is 12.0. The normalized spacial score (nSPS) is 10.7. The molecule has 2 aromatic carbocycles. The van der Waals surface area contributed by atoms with Crippen LogP contribution in [0.1, 0.15) is 16.1 Å². The molecule has 0 spiro atoms. The molecule has 0 aliphatic heterocycles. The van der Waals surface area contributed by atoms with Crippen LogP contribution in [-0.4, -0.2) is 23.1 Å². The molecule has 0 fully saturated rings. The van der Waals surface area contributed by atoms with E-state index in [0.29, 0.717) is 17.3 Å². The van der Waals surface area contributed by atoms with Crippen LogP contribution >= 0.6 is 23.2 Å². The van der Waals surface area contributed by atoms with Gasteiger partial charge < -0.3 is 15.2 Å². The number of benzene rings is 2. The third kappa shape index (κ3) is 3.62. The summed E-state index contributed by atoms with van der Waals surface area (Å²) in [6, 6.07) is 10.5. The van der Waals surface area contributed by atoms with Gasteiger partial charge in [0.25, 0.3) is 5.91 Å². The van der Waals surface area contributed by atoms with E-state index >= 15 is 0 Å². The predicted octanol–water partition coefficient (Wildman–Crippen LogP) is 4.19. The Bertz CT molecular complexity index is 960. The van der Waals surface area contributed by atoms with Crippen molar-refractivity contribution in [3.05, 3.63) is 63.9 Å². The number of phenols is 1. The number of rotatable bonds is 4. The van der Waals surface area contributed by atoms with Crippen molar-refractivity contribution < 1.29 is 14.6 Å². The van der Waals surface area contributed by atoms with E-state index in [4.69, 9.17) is 27.9 Å². The fourth-order valence-corrected chi connectivity index (χ4v) is 2.91. The molecule has 25 heavy (non-hydrogen) atoms. The van der Waals surface area contributed by atoms with Crippen molar-refractivity contribution in [1.29, 1.82) is 0 Å². The zero-order valence-electron chi connectivity index (χ0n) is 13.2. The Morgan fingerprint density at radius 3 is 2.84 bits per heavy atom. The Labute approximate surface area is 154 Å². The number of pyridine rings is 1. The average molecular weight is 377 g/mol. The van der Waals surface area contributed by atoms with Gasteiger partial charge in [-0.1, -0.05) is 35.3 Å². The van der Waals surface area contributed by atoms with Crippen molar-refractivity contribution in [2.75, 3.05) is 7.11 Å². The van der Waals surface area contributed by atoms with E-state index in [2.05, 4.69) is 10.3 Å². The standard InChI is InChI=1S/C18H14Cl2N2O3/c1-25-12-4-2-3-10(5-12)8-22-18(24)15-7-11-6-14(19)17(23)16(20)13(11)9-21-15/h2-7,9,23H,8H2,1H3,(H,22,24). The van der Waals surface area contributed by atoms with Crippen molar-refractivity contribution in [3.8, 4) is 11.5 Å². The van der Waals surface area contributed by atoms with Gasteiger partial charge in [0.15, 0.2) is 5.75 Å². The number of halogens is 2. The highest BCUT2D eigenvalue weighted by molar-refractivity contribution is 6.41. The zero-order valence-corrected chi connectivity index (χ0v) is 14.7. The zero-order chi connectivity index (χ0) is 18.0. The van der Waals surface area contributed by atoms with Crippen LogP contribution < -0.4 is 10.1 Å². The van der Waals surface area contributed by atoms with Crippen molar-refractivity contribution in [3.63, 3.8) is 0 Å². The number of phenolic OH excluding ortho intramolecular Hbond substituents is 1. The molecular formula is C18H14Cl2N2O3. The Morgan fingerprint density at radius 1 is 1.28 bits per heavy atom. The van der Waals surface area contributed by atoms with Gasteiger partial charge in [-0.3, -0.25) is 9.78 Å². The smallest absolute Gasteiger partial charge is 0.270 e. The fourth-order valence-electron chi connectivity index (χ4n) is 2.39. The first-order valence-corrected chi connectivity index (χ1v) is 8.13. The number of fused-ring (bicyclic) bond motifs is 1. The Morgan fingerprint density at radius 2 is 2.08 bits per heavy atom. The average Bonchev–Trinajstić information content (AvgIpc) is 2.64. The molecule has 1 amide bonds.